The quantitative estimate of drug-likeness (QED) is 0.609. The summed E-state index contributed by atoms with van der Waals surface area (Å²) in [7, 11) is 0.128. The first-order chi connectivity index (χ1) is 17.0. The van der Waals surface area contributed by atoms with E-state index in [0.29, 0.717) is 31.6 Å². The van der Waals surface area contributed by atoms with Gasteiger partial charge in [-0.3, -0.25) is 14.6 Å². The fraction of sp³-hybridized carbons (Fsp3) is 0.652. The van der Waals surface area contributed by atoms with Crippen molar-refractivity contribution in [1.29, 1.82) is 0 Å². The van der Waals surface area contributed by atoms with Gasteiger partial charge in [0, 0.05) is 52.7 Å². The van der Waals surface area contributed by atoms with Gasteiger partial charge >= 0.3 is 12.1 Å². The number of carbonyl (C=O) groups excluding carboxylic acids is 2. The van der Waals surface area contributed by atoms with Gasteiger partial charge in [-0.25, -0.2) is 17.5 Å². The molecule has 3 fully saturated rings. The van der Waals surface area contributed by atoms with Crippen molar-refractivity contribution in [2.24, 2.45) is 16.7 Å². The Labute approximate surface area is 213 Å². The number of halogens is 3. The molecule has 1 spiro atoms. The van der Waals surface area contributed by atoms with Gasteiger partial charge in [-0.1, -0.05) is 0 Å². The van der Waals surface area contributed by atoms with Crippen LogP contribution >= 0.6 is 0 Å². The SMILES string of the molecule is CN(C)C(=O)[C@@]12CCC3(CCN(C(=O)c4cccnc4)CC3)[C@@H]1CN(S(C)(=O)=O)C2.O=C(O)C(F)(F)F. The summed E-state index contributed by atoms with van der Waals surface area (Å²) >= 11 is 0. The number of sulfonamides is 1. The second-order valence-electron chi connectivity index (χ2n) is 10.2. The smallest absolute Gasteiger partial charge is 0.475 e. The van der Waals surface area contributed by atoms with Crippen LogP contribution in [0.15, 0.2) is 24.5 Å². The molecule has 1 aliphatic carbocycles. The molecule has 1 aromatic heterocycles. The maximum atomic E-state index is 13.2. The molecule has 14 heteroatoms. The van der Waals surface area contributed by atoms with Gasteiger partial charge in [-0.15, -0.1) is 0 Å². The number of carbonyl (C=O) groups is 3. The van der Waals surface area contributed by atoms with Crippen molar-refractivity contribution < 1.29 is 41.1 Å². The molecule has 1 N–H and O–H groups in total. The molecule has 10 nitrogen and oxygen atoms in total. The number of aromatic nitrogens is 1. The number of rotatable bonds is 3. The number of piperidine rings is 1. The number of alkyl halides is 3. The van der Waals surface area contributed by atoms with Gasteiger partial charge in [-0.05, 0) is 49.1 Å². The highest BCUT2D eigenvalue weighted by molar-refractivity contribution is 7.88. The molecule has 2 amide bonds. The second-order valence-corrected chi connectivity index (χ2v) is 12.1. The number of hydrogen-bond acceptors (Lipinski definition) is 6. The van der Waals surface area contributed by atoms with E-state index in [1.807, 2.05) is 4.90 Å². The molecule has 0 aromatic carbocycles. The van der Waals surface area contributed by atoms with E-state index in [0.717, 1.165) is 19.3 Å². The lowest BCUT2D eigenvalue weighted by Crippen LogP contribution is -2.49. The van der Waals surface area contributed by atoms with Crippen LogP contribution in [0.1, 0.15) is 36.0 Å². The summed E-state index contributed by atoms with van der Waals surface area (Å²) in [5.41, 5.74) is -0.167. The van der Waals surface area contributed by atoms with Crippen LogP contribution in [0.2, 0.25) is 0 Å². The zero-order valence-electron chi connectivity index (χ0n) is 20.9. The number of likely N-dealkylation sites (tertiary alicyclic amines) is 1. The van der Waals surface area contributed by atoms with Gasteiger partial charge in [0.15, 0.2) is 0 Å². The molecule has 37 heavy (non-hydrogen) atoms. The van der Waals surface area contributed by atoms with Crippen molar-refractivity contribution in [3.63, 3.8) is 0 Å². The molecule has 0 radical (unpaired) electrons. The molecule has 0 unspecified atom stereocenters. The van der Waals surface area contributed by atoms with E-state index in [1.165, 1.54) is 10.6 Å². The normalized spacial score (nSPS) is 25.2. The zero-order valence-corrected chi connectivity index (χ0v) is 21.7. The number of carboxylic acid groups (broad SMARTS) is 1. The summed E-state index contributed by atoms with van der Waals surface area (Å²) in [4.78, 5) is 42.5. The second kappa shape index (κ2) is 10.2. The maximum absolute atomic E-state index is 13.2. The summed E-state index contributed by atoms with van der Waals surface area (Å²) in [6, 6.07) is 3.53. The summed E-state index contributed by atoms with van der Waals surface area (Å²) in [6.45, 7) is 1.91. The molecular weight excluding hydrogens is 517 g/mol. The highest BCUT2D eigenvalue weighted by Gasteiger charge is 2.65. The average Bonchev–Trinajstić information content (AvgIpc) is 3.36. The van der Waals surface area contributed by atoms with E-state index in [9.17, 15) is 31.2 Å². The van der Waals surface area contributed by atoms with Crippen molar-refractivity contribution in [1.82, 2.24) is 19.1 Å². The number of carboxylic acids is 1. The van der Waals surface area contributed by atoms with Crippen molar-refractivity contribution >= 4 is 27.8 Å². The number of pyridine rings is 1. The third-order valence-electron chi connectivity index (χ3n) is 7.82. The first-order valence-electron chi connectivity index (χ1n) is 11.7. The summed E-state index contributed by atoms with van der Waals surface area (Å²) in [5.74, 6) is -2.75. The highest BCUT2D eigenvalue weighted by atomic mass is 32.2. The van der Waals surface area contributed by atoms with Crippen molar-refractivity contribution in [3.05, 3.63) is 30.1 Å². The van der Waals surface area contributed by atoms with E-state index in [2.05, 4.69) is 4.98 Å². The molecule has 2 atom stereocenters. The lowest BCUT2D eigenvalue weighted by Gasteiger charge is -2.44. The molecular formula is C23H31F3N4O6S. The lowest BCUT2D eigenvalue weighted by molar-refractivity contribution is -0.192. The highest BCUT2D eigenvalue weighted by Crippen LogP contribution is 2.62. The molecule has 2 saturated heterocycles. The Kier molecular flexibility index (Phi) is 7.94. The maximum Gasteiger partial charge on any atom is 0.490 e. The molecule has 1 aromatic rings. The van der Waals surface area contributed by atoms with Crippen LogP contribution in [-0.2, 0) is 19.6 Å². The van der Waals surface area contributed by atoms with Gasteiger partial charge in [0.25, 0.3) is 5.91 Å². The average molecular weight is 549 g/mol. The van der Waals surface area contributed by atoms with Crippen LogP contribution in [0.25, 0.3) is 0 Å². The summed E-state index contributed by atoms with van der Waals surface area (Å²) < 4.78 is 57.9. The van der Waals surface area contributed by atoms with Gasteiger partial charge in [0.2, 0.25) is 15.9 Å². The van der Waals surface area contributed by atoms with Crippen LogP contribution in [0.5, 0.6) is 0 Å². The summed E-state index contributed by atoms with van der Waals surface area (Å²) in [5, 5.41) is 7.12. The fourth-order valence-corrected chi connectivity index (χ4v) is 6.88. The number of fused-ring (bicyclic) bond motifs is 2. The molecule has 0 bridgehead atoms. The topological polar surface area (TPSA) is 128 Å². The van der Waals surface area contributed by atoms with Gasteiger partial charge < -0.3 is 14.9 Å². The minimum absolute atomic E-state index is 0.00901. The molecule has 1 saturated carbocycles. The Balaban J connectivity index is 0.000000479. The van der Waals surface area contributed by atoms with Crippen LogP contribution in [0.3, 0.4) is 0 Å². The van der Waals surface area contributed by atoms with Crippen molar-refractivity contribution in [3.8, 4) is 0 Å². The number of nitrogens with zero attached hydrogens (tertiary/aromatic N) is 4. The molecule has 2 aliphatic heterocycles. The number of aliphatic carboxylic acids is 1. The predicted molar refractivity (Wildman–Crippen MR) is 126 cm³/mol. The van der Waals surface area contributed by atoms with E-state index in [4.69, 9.17) is 9.90 Å². The molecule has 3 aliphatic rings. The number of hydrogen-bond donors (Lipinski definition) is 1. The predicted octanol–water partition coefficient (Wildman–Crippen LogP) is 1.70. The Bertz CT molecular complexity index is 1140. The molecule has 3 heterocycles. The fourth-order valence-electron chi connectivity index (χ4n) is 5.99. The Morgan fingerprint density at radius 3 is 2.19 bits per heavy atom. The zero-order chi connectivity index (χ0) is 27.8. The minimum atomic E-state index is -5.08. The Morgan fingerprint density at radius 1 is 1.14 bits per heavy atom. The van der Waals surface area contributed by atoms with Crippen LogP contribution in [-0.4, -0.2) is 103 Å². The minimum Gasteiger partial charge on any atom is -0.475 e. The monoisotopic (exact) mass is 548 g/mol. The van der Waals surface area contributed by atoms with Crippen molar-refractivity contribution in [2.75, 3.05) is 46.5 Å². The van der Waals surface area contributed by atoms with Crippen LogP contribution in [0, 0.1) is 16.7 Å². The Hall–Kier alpha value is -2.74. The molecule has 4 rings (SSSR count). The van der Waals surface area contributed by atoms with E-state index in [1.54, 1.807) is 43.5 Å². The van der Waals surface area contributed by atoms with Gasteiger partial charge in [0.1, 0.15) is 0 Å². The summed E-state index contributed by atoms with van der Waals surface area (Å²) in [6.07, 6.45) is 2.58. The standard InChI is InChI=1S/C21H30N4O4S.C2HF3O2/c1-23(2)19(27)21-7-6-20(17(21)14-25(15-21)30(3,28)29)8-11-24(12-9-20)18(26)16-5-4-10-22-13-16;3-2(4,5)1(6)7/h4-5,10,13,17H,6-9,11-12,14-15H2,1-3H3;(H,6,7)/t17-,21+;/m0./s1. The third kappa shape index (κ3) is 5.74. The van der Waals surface area contributed by atoms with Crippen LogP contribution in [0.4, 0.5) is 13.2 Å². The first-order valence-corrected chi connectivity index (χ1v) is 13.5. The van der Waals surface area contributed by atoms with E-state index >= 15 is 0 Å². The van der Waals surface area contributed by atoms with Gasteiger partial charge in [0.05, 0.1) is 17.2 Å². The number of amides is 2. The Morgan fingerprint density at radius 2 is 1.73 bits per heavy atom. The largest absolute Gasteiger partial charge is 0.490 e. The first kappa shape index (κ1) is 28.8. The van der Waals surface area contributed by atoms with Crippen LogP contribution < -0.4 is 0 Å². The van der Waals surface area contributed by atoms with E-state index in [-0.39, 0.29) is 29.7 Å². The lowest BCUT2D eigenvalue weighted by atomic mass is 9.65. The van der Waals surface area contributed by atoms with Crippen molar-refractivity contribution in [2.45, 2.75) is 31.9 Å². The van der Waals surface area contributed by atoms with Gasteiger partial charge in [-0.2, -0.15) is 13.2 Å². The third-order valence-corrected chi connectivity index (χ3v) is 9.03. The molecule has 206 valence electrons. The van der Waals surface area contributed by atoms with E-state index < -0.39 is 27.6 Å².